The molecule has 1 heterocycles. The molecule has 2 nitrogen and oxygen atoms in total. The molecule has 1 aromatic carbocycles. The van der Waals surface area contributed by atoms with Gasteiger partial charge in [-0.1, -0.05) is 31.5 Å². The Balaban J connectivity index is 1.88. The molecule has 1 saturated carbocycles. The van der Waals surface area contributed by atoms with E-state index in [1.807, 2.05) is 31.2 Å². The van der Waals surface area contributed by atoms with Crippen molar-refractivity contribution in [3.63, 3.8) is 0 Å². The first-order valence-corrected chi connectivity index (χ1v) is 7.22. The summed E-state index contributed by atoms with van der Waals surface area (Å²) in [6.07, 6.45) is 4.42. The number of fused-ring (bicyclic) bond motifs is 1. The first-order valence-electron chi connectivity index (χ1n) is 7.22. The summed E-state index contributed by atoms with van der Waals surface area (Å²) in [7, 11) is 0. The maximum absolute atomic E-state index is 12.5. The molecule has 19 heavy (non-hydrogen) atoms. The van der Waals surface area contributed by atoms with Gasteiger partial charge in [0.1, 0.15) is 5.58 Å². The van der Waals surface area contributed by atoms with Crippen LogP contribution in [0.2, 0.25) is 0 Å². The van der Waals surface area contributed by atoms with Gasteiger partial charge < -0.3 is 4.42 Å². The number of ketones is 1. The Labute approximate surface area is 113 Å². The monoisotopic (exact) mass is 256 g/mol. The zero-order valence-corrected chi connectivity index (χ0v) is 11.6. The van der Waals surface area contributed by atoms with E-state index < -0.39 is 0 Å². The summed E-state index contributed by atoms with van der Waals surface area (Å²) in [6, 6.07) is 7.93. The molecule has 1 aromatic heterocycles. The highest BCUT2D eigenvalue weighted by Gasteiger charge is 2.31. The van der Waals surface area contributed by atoms with E-state index in [9.17, 15) is 4.79 Å². The van der Waals surface area contributed by atoms with Crippen LogP contribution in [0.15, 0.2) is 28.7 Å². The largest absolute Gasteiger partial charge is 0.453 e. The van der Waals surface area contributed by atoms with Crippen molar-refractivity contribution >= 4 is 16.8 Å². The quantitative estimate of drug-likeness (QED) is 0.742. The number of hydrogen-bond donors (Lipinski definition) is 0. The fourth-order valence-electron chi connectivity index (χ4n) is 3.22. The van der Waals surface area contributed by atoms with Crippen molar-refractivity contribution < 1.29 is 9.21 Å². The molecule has 3 rings (SSSR count). The summed E-state index contributed by atoms with van der Waals surface area (Å²) in [4.78, 5) is 12.5. The Hall–Kier alpha value is -1.57. The van der Waals surface area contributed by atoms with E-state index in [2.05, 4.69) is 6.92 Å². The Morgan fingerprint density at radius 2 is 2.21 bits per heavy atom. The van der Waals surface area contributed by atoms with Crippen LogP contribution in [-0.4, -0.2) is 5.78 Å². The number of para-hydroxylation sites is 1. The molecule has 0 radical (unpaired) electrons. The van der Waals surface area contributed by atoms with Gasteiger partial charge >= 0.3 is 0 Å². The number of Topliss-reactive ketones (excluding diaryl/α,β-unsaturated/α-hetero) is 1. The van der Waals surface area contributed by atoms with Gasteiger partial charge in [0.2, 0.25) is 5.78 Å². The molecule has 0 bridgehead atoms. The Morgan fingerprint density at radius 1 is 1.37 bits per heavy atom. The molecule has 0 spiro atoms. The van der Waals surface area contributed by atoms with Gasteiger partial charge in [-0.2, -0.15) is 0 Å². The number of benzene rings is 1. The van der Waals surface area contributed by atoms with Gasteiger partial charge in [0, 0.05) is 11.3 Å². The molecule has 0 aliphatic heterocycles. The highest BCUT2D eigenvalue weighted by molar-refractivity contribution is 5.99. The van der Waals surface area contributed by atoms with Crippen LogP contribution in [0.5, 0.6) is 0 Å². The molecular formula is C17H20O2. The maximum Gasteiger partial charge on any atom is 0.201 e. The normalized spacial score (nSPS) is 23.1. The second-order valence-corrected chi connectivity index (χ2v) is 5.75. The van der Waals surface area contributed by atoms with Crippen LogP contribution in [0.4, 0.5) is 0 Å². The minimum absolute atomic E-state index is 0.172. The maximum atomic E-state index is 12.5. The minimum Gasteiger partial charge on any atom is -0.453 e. The van der Waals surface area contributed by atoms with Crippen molar-refractivity contribution in [1.82, 2.24) is 0 Å². The van der Waals surface area contributed by atoms with Crippen LogP contribution in [0.3, 0.4) is 0 Å². The van der Waals surface area contributed by atoms with Gasteiger partial charge in [0.05, 0.1) is 0 Å². The van der Waals surface area contributed by atoms with Crippen molar-refractivity contribution in [3.8, 4) is 0 Å². The Bertz CT molecular complexity index is 609. The van der Waals surface area contributed by atoms with Gasteiger partial charge in [-0.3, -0.25) is 4.79 Å². The lowest BCUT2D eigenvalue weighted by atomic mass is 9.98. The molecule has 1 aliphatic rings. The molecular weight excluding hydrogens is 236 g/mol. The zero-order valence-electron chi connectivity index (χ0n) is 11.6. The predicted molar refractivity (Wildman–Crippen MR) is 76.4 cm³/mol. The molecule has 0 saturated heterocycles. The molecule has 2 atom stereocenters. The fourth-order valence-corrected chi connectivity index (χ4v) is 3.22. The van der Waals surface area contributed by atoms with Crippen molar-refractivity contribution in [2.75, 3.05) is 0 Å². The molecule has 0 amide bonds. The zero-order chi connectivity index (χ0) is 13.4. The van der Waals surface area contributed by atoms with E-state index in [-0.39, 0.29) is 11.7 Å². The van der Waals surface area contributed by atoms with Crippen LogP contribution >= 0.6 is 0 Å². The van der Waals surface area contributed by atoms with E-state index in [0.717, 1.165) is 35.3 Å². The highest BCUT2D eigenvalue weighted by Crippen LogP contribution is 2.36. The van der Waals surface area contributed by atoms with Crippen molar-refractivity contribution in [3.05, 3.63) is 35.6 Å². The number of hydrogen-bond acceptors (Lipinski definition) is 2. The van der Waals surface area contributed by atoms with Crippen molar-refractivity contribution in [2.24, 2.45) is 11.8 Å². The van der Waals surface area contributed by atoms with Crippen LogP contribution in [0.25, 0.3) is 11.0 Å². The Kier molecular flexibility index (Phi) is 3.17. The third-order valence-electron chi connectivity index (χ3n) is 4.47. The van der Waals surface area contributed by atoms with Crippen molar-refractivity contribution in [2.45, 2.75) is 39.5 Å². The molecule has 100 valence electrons. The fraction of sp³-hybridized carbons (Fsp3) is 0.471. The molecule has 0 N–H and O–H groups in total. The third-order valence-corrected chi connectivity index (χ3v) is 4.47. The molecule has 1 aliphatic carbocycles. The topological polar surface area (TPSA) is 30.2 Å². The summed E-state index contributed by atoms with van der Waals surface area (Å²) >= 11 is 0. The number of furan rings is 1. The van der Waals surface area contributed by atoms with Crippen LogP contribution < -0.4 is 0 Å². The summed E-state index contributed by atoms with van der Waals surface area (Å²) in [5, 5.41) is 1.04. The third kappa shape index (κ3) is 2.20. The van der Waals surface area contributed by atoms with E-state index in [0.29, 0.717) is 5.76 Å². The van der Waals surface area contributed by atoms with Crippen molar-refractivity contribution in [1.29, 1.82) is 0 Å². The SMILES string of the molecule is CCC1CCC(C(=O)c2cc3cccc(C)c3o2)C1. The first kappa shape index (κ1) is 12.5. The van der Waals surface area contributed by atoms with Gasteiger partial charge in [-0.15, -0.1) is 0 Å². The number of aryl methyl sites for hydroxylation is 1. The summed E-state index contributed by atoms with van der Waals surface area (Å²) in [6.45, 7) is 4.23. The summed E-state index contributed by atoms with van der Waals surface area (Å²) in [5.74, 6) is 1.64. The van der Waals surface area contributed by atoms with Gasteiger partial charge in [-0.25, -0.2) is 0 Å². The lowest BCUT2D eigenvalue weighted by Gasteiger charge is -2.06. The standard InChI is InChI=1S/C17H20O2/c1-3-12-7-8-13(9-12)16(18)15-10-14-6-4-5-11(2)17(14)19-15/h4-6,10,12-13H,3,7-9H2,1-2H3. The second kappa shape index (κ2) is 4.84. The number of rotatable bonds is 3. The van der Waals surface area contributed by atoms with E-state index in [1.165, 1.54) is 12.8 Å². The average molecular weight is 256 g/mol. The number of carbonyl (C=O) groups excluding carboxylic acids is 1. The predicted octanol–water partition coefficient (Wildman–Crippen LogP) is 4.75. The lowest BCUT2D eigenvalue weighted by Crippen LogP contribution is -2.10. The van der Waals surface area contributed by atoms with E-state index in [1.54, 1.807) is 0 Å². The second-order valence-electron chi connectivity index (χ2n) is 5.75. The average Bonchev–Trinajstić information content (AvgIpc) is 3.05. The molecule has 2 unspecified atom stereocenters. The Morgan fingerprint density at radius 3 is 2.89 bits per heavy atom. The summed E-state index contributed by atoms with van der Waals surface area (Å²) in [5.41, 5.74) is 1.95. The molecule has 2 heteroatoms. The number of carbonyl (C=O) groups is 1. The highest BCUT2D eigenvalue weighted by atomic mass is 16.3. The smallest absolute Gasteiger partial charge is 0.201 e. The van der Waals surface area contributed by atoms with Gasteiger partial charge in [0.25, 0.3) is 0 Å². The van der Waals surface area contributed by atoms with Crippen LogP contribution in [0.1, 0.15) is 48.7 Å². The molecule has 1 fully saturated rings. The van der Waals surface area contributed by atoms with Crippen LogP contribution in [-0.2, 0) is 0 Å². The van der Waals surface area contributed by atoms with E-state index >= 15 is 0 Å². The van der Waals surface area contributed by atoms with E-state index in [4.69, 9.17) is 4.42 Å². The lowest BCUT2D eigenvalue weighted by molar-refractivity contribution is 0.0893. The summed E-state index contributed by atoms with van der Waals surface area (Å²) < 4.78 is 5.79. The van der Waals surface area contributed by atoms with Gasteiger partial charge in [0.15, 0.2) is 5.76 Å². The van der Waals surface area contributed by atoms with Gasteiger partial charge in [-0.05, 0) is 43.7 Å². The first-order chi connectivity index (χ1) is 9.19. The minimum atomic E-state index is 0.172. The molecule has 2 aromatic rings. The van der Waals surface area contributed by atoms with Crippen LogP contribution in [0, 0.1) is 18.8 Å².